The van der Waals surface area contributed by atoms with Crippen LogP contribution in [0.4, 0.5) is 5.69 Å². The van der Waals surface area contributed by atoms with E-state index in [2.05, 4.69) is 0 Å². The molecule has 0 spiro atoms. The Morgan fingerprint density at radius 3 is 2.57 bits per heavy atom. The highest BCUT2D eigenvalue weighted by Gasteiger charge is 2.19. The Hall–Kier alpha value is -1.95. The predicted molar refractivity (Wildman–Crippen MR) is 44.1 cm³/mol. The van der Waals surface area contributed by atoms with Crippen LogP contribution in [-0.2, 0) is 4.79 Å². The van der Waals surface area contributed by atoms with Gasteiger partial charge in [0.25, 0.3) is 4.92 Å². The SMILES string of the molecule is O=C(O)C(O)c1cccc([N+](=O)O)c1. The number of rotatable bonds is 3. The summed E-state index contributed by atoms with van der Waals surface area (Å²) in [6, 6.07) is 5.07. The molecule has 6 nitrogen and oxygen atoms in total. The van der Waals surface area contributed by atoms with Gasteiger partial charge < -0.3 is 10.2 Å². The second-order valence-electron chi connectivity index (χ2n) is 2.61. The van der Waals surface area contributed by atoms with Crippen molar-refractivity contribution in [1.29, 1.82) is 0 Å². The highest BCUT2D eigenvalue weighted by molar-refractivity contribution is 5.74. The highest BCUT2D eigenvalue weighted by atomic mass is 16.6. The third-order valence-electron chi connectivity index (χ3n) is 1.64. The summed E-state index contributed by atoms with van der Waals surface area (Å²) in [5, 5.41) is 26.1. The van der Waals surface area contributed by atoms with Gasteiger partial charge in [-0.1, -0.05) is 12.1 Å². The summed E-state index contributed by atoms with van der Waals surface area (Å²) in [5.74, 6) is -1.42. The summed E-state index contributed by atoms with van der Waals surface area (Å²) in [6.07, 6.45) is -1.70. The molecule has 1 aromatic carbocycles. The number of aliphatic carboxylic acids is 1. The molecule has 0 aromatic heterocycles. The Bertz CT molecular complexity index is 376. The van der Waals surface area contributed by atoms with Crippen molar-refractivity contribution in [3.05, 3.63) is 34.7 Å². The molecule has 0 aliphatic rings. The Morgan fingerprint density at radius 1 is 1.43 bits per heavy atom. The molecule has 74 valence electrons. The average Bonchev–Trinajstić information content (AvgIpc) is 2.16. The summed E-state index contributed by atoms with van der Waals surface area (Å²) in [5.41, 5.74) is -0.104. The minimum absolute atomic E-state index is 0.0323. The highest BCUT2D eigenvalue weighted by Crippen LogP contribution is 2.18. The number of nitrogens with zero attached hydrogens (tertiary/aromatic N) is 1. The Balaban J connectivity index is 3.05. The van der Waals surface area contributed by atoms with Gasteiger partial charge in [-0.25, -0.2) is 10.0 Å². The number of aliphatic hydroxyl groups is 1. The molecule has 0 bridgehead atoms. The molecule has 0 heterocycles. The van der Waals surface area contributed by atoms with Crippen LogP contribution in [0, 0.1) is 4.91 Å². The molecular formula is C8H8NO5+. The van der Waals surface area contributed by atoms with Gasteiger partial charge in [0.2, 0.25) is 0 Å². The monoisotopic (exact) mass is 198 g/mol. The molecule has 6 heteroatoms. The van der Waals surface area contributed by atoms with Crippen LogP contribution in [0.25, 0.3) is 0 Å². The van der Waals surface area contributed by atoms with Crippen LogP contribution in [0.15, 0.2) is 24.3 Å². The quantitative estimate of drug-likeness (QED) is 0.618. The van der Waals surface area contributed by atoms with Gasteiger partial charge >= 0.3 is 11.7 Å². The van der Waals surface area contributed by atoms with E-state index in [4.69, 9.17) is 15.4 Å². The number of hydrogen-bond acceptors (Lipinski definition) is 3. The number of carboxylic acids is 1. The van der Waals surface area contributed by atoms with Gasteiger partial charge in [0.1, 0.15) is 0 Å². The van der Waals surface area contributed by atoms with E-state index in [1.165, 1.54) is 18.2 Å². The third-order valence-corrected chi connectivity index (χ3v) is 1.64. The summed E-state index contributed by atoms with van der Waals surface area (Å²) in [4.78, 5) is 20.4. The lowest BCUT2D eigenvalue weighted by atomic mass is 10.1. The van der Waals surface area contributed by atoms with E-state index in [-0.39, 0.29) is 11.3 Å². The lowest BCUT2D eigenvalue weighted by molar-refractivity contribution is -0.729. The van der Waals surface area contributed by atoms with Crippen molar-refractivity contribution in [3.8, 4) is 0 Å². The molecule has 0 aliphatic heterocycles. The molecule has 1 aromatic rings. The standard InChI is InChI=1S/C8H7NO5/c10-7(8(11)12)5-2-1-3-6(4-5)9(13)14/h1-4,7,10H,(H-,11,12,13,14)/p+1. The average molecular weight is 198 g/mol. The predicted octanol–water partition coefficient (Wildman–Crippen LogP) is 0.604. The Labute approximate surface area is 78.6 Å². The summed E-state index contributed by atoms with van der Waals surface area (Å²) in [6.45, 7) is 0. The van der Waals surface area contributed by atoms with Crippen LogP contribution in [0.2, 0.25) is 0 Å². The minimum atomic E-state index is -1.70. The first-order valence-electron chi connectivity index (χ1n) is 3.69. The van der Waals surface area contributed by atoms with Crippen LogP contribution in [0.3, 0.4) is 0 Å². The zero-order valence-corrected chi connectivity index (χ0v) is 6.99. The molecule has 14 heavy (non-hydrogen) atoms. The van der Waals surface area contributed by atoms with Crippen LogP contribution in [-0.4, -0.2) is 26.3 Å². The zero-order valence-electron chi connectivity index (χ0n) is 6.99. The second-order valence-corrected chi connectivity index (χ2v) is 2.61. The van der Waals surface area contributed by atoms with Gasteiger partial charge in [-0.05, 0) is 5.56 Å². The lowest BCUT2D eigenvalue weighted by Crippen LogP contribution is -2.10. The number of carboxylic acid groups (broad SMARTS) is 1. The van der Waals surface area contributed by atoms with Crippen molar-refractivity contribution in [2.45, 2.75) is 6.10 Å². The van der Waals surface area contributed by atoms with E-state index in [9.17, 15) is 9.70 Å². The van der Waals surface area contributed by atoms with Gasteiger partial charge in [0.15, 0.2) is 6.10 Å². The maximum atomic E-state index is 10.4. The molecule has 1 unspecified atom stereocenters. The van der Waals surface area contributed by atoms with Gasteiger partial charge in [-0.3, -0.25) is 0 Å². The smallest absolute Gasteiger partial charge is 0.337 e. The molecule has 0 saturated carbocycles. The molecule has 0 fully saturated rings. The lowest BCUT2D eigenvalue weighted by Gasteiger charge is -2.03. The van der Waals surface area contributed by atoms with Gasteiger partial charge in [-0.2, -0.15) is 0 Å². The van der Waals surface area contributed by atoms with Gasteiger partial charge in [0.05, 0.1) is 4.91 Å². The normalized spacial score (nSPS) is 12.1. The molecule has 0 aliphatic carbocycles. The van der Waals surface area contributed by atoms with Crippen molar-refractivity contribution in [3.63, 3.8) is 0 Å². The van der Waals surface area contributed by atoms with Crippen molar-refractivity contribution in [1.82, 2.24) is 0 Å². The third kappa shape index (κ3) is 2.05. The molecule has 0 radical (unpaired) electrons. The van der Waals surface area contributed by atoms with Crippen LogP contribution < -0.4 is 0 Å². The summed E-state index contributed by atoms with van der Waals surface area (Å²) < 4.78 is 0. The maximum absolute atomic E-state index is 10.4. The van der Waals surface area contributed by atoms with Crippen molar-refractivity contribution in [2.24, 2.45) is 0 Å². The first kappa shape index (κ1) is 10.1. The van der Waals surface area contributed by atoms with E-state index in [0.29, 0.717) is 0 Å². The van der Waals surface area contributed by atoms with Gasteiger partial charge in [0, 0.05) is 12.1 Å². The van der Waals surface area contributed by atoms with E-state index in [1.54, 1.807) is 0 Å². The van der Waals surface area contributed by atoms with Crippen molar-refractivity contribution in [2.75, 3.05) is 0 Å². The number of hydrogen-bond donors (Lipinski definition) is 3. The fourth-order valence-electron chi connectivity index (χ4n) is 0.956. The first-order valence-corrected chi connectivity index (χ1v) is 3.69. The van der Waals surface area contributed by atoms with Crippen LogP contribution in [0.5, 0.6) is 0 Å². The van der Waals surface area contributed by atoms with E-state index in [0.717, 1.165) is 6.07 Å². The fraction of sp³-hybridized carbons (Fsp3) is 0.125. The minimum Gasteiger partial charge on any atom is -0.479 e. The van der Waals surface area contributed by atoms with E-state index < -0.39 is 17.0 Å². The fourth-order valence-corrected chi connectivity index (χ4v) is 0.956. The molecule has 3 N–H and O–H groups in total. The maximum Gasteiger partial charge on any atom is 0.337 e. The Kier molecular flexibility index (Phi) is 2.78. The van der Waals surface area contributed by atoms with Crippen molar-refractivity contribution < 1.29 is 25.1 Å². The van der Waals surface area contributed by atoms with Gasteiger partial charge in [-0.15, -0.1) is 0 Å². The zero-order chi connectivity index (χ0) is 10.7. The molecule has 0 saturated heterocycles. The second kappa shape index (κ2) is 3.84. The summed E-state index contributed by atoms with van der Waals surface area (Å²) >= 11 is 0. The number of aliphatic hydroxyl groups excluding tert-OH is 1. The van der Waals surface area contributed by atoms with Crippen molar-refractivity contribution >= 4 is 11.7 Å². The Morgan fingerprint density at radius 2 is 2.07 bits per heavy atom. The molecular weight excluding hydrogens is 190 g/mol. The summed E-state index contributed by atoms with van der Waals surface area (Å²) in [7, 11) is 0. The first-order chi connectivity index (χ1) is 6.52. The van der Waals surface area contributed by atoms with E-state index >= 15 is 0 Å². The molecule has 0 amide bonds. The van der Waals surface area contributed by atoms with E-state index in [1.807, 2.05) is 0 Å². The van der Waals surface area contributed by atoms with Crippen LogP contribution >= 0.6 is 0 Å². The molecule has 1 atom stereocenters. The number of carbonyl (C=O) groups is 1. The molecule has 1 rings (SSSR count). The topological polar surface area (TPSA) is 97.8 Å². The number of benzene rings is 1. The van der Waals surface area contributed by atoms with Crippen LogP contribution in [0.1, 0.15) is 11.7 Å². The largest absolute Gasteiger partial charge is 0.479 e.